The first kappa shape index (κ1) is 11.0. The van der Waals surface area contributed by atoms with Crippen molar-refractivity contribution in [2.75, 3.05) is 0 Å². The molecule has 2 aromatic rings. The van der Waals surface area contributed by atoms with E-state index < -0.39 is 0 Å². The molecule has 0 saturated heterocycles. The number of phenolic OH excluding ortho intramolecular Hbond substituents is 1. The normalized spacial score (nSPS) is 10.4. The van der Waals surface area contributed by atoms with Gasteiger partial charge in [-0.05, 0) is 42.3 Å². The van der Waals surface area contributed by atoms with E-state index in [0.29, 0.717) is 16.1 Å². The van der Waals surface area contributed by atoms with Gasteiger partial charge in [-0.2, -0.15) is 0 Å². The van der Waals surface area contributed by atoms with Crippen LogP contribution in [0.15, 0.2) is 36.4 Å². The van der Waals surface area contributed by atoms with E-state index in [4.69, 9.17) is 11.6 Å². The number of benzene rings is 2. The van der Waals surface area contributed by atoms with Gasteiger partial charge in [-0.3, -0.25) is 0 Å². The maximum Gasteiger partial charge on any atom is 0.124 e. The fourth-order valence-corrected chi connectivity index (χ4v) is 1.68. The number of aromatic hydroxyl groups is 1. The third-order valence-corrected chi connectivity index (χ3v) is 2.85. The molecule has 3 heteroatoms. The molecule has 0 heterocycles. The van der Waals surface area contributed by atoms with Crippen LogP contribution in [0, 0.1) is 12.7 Å². The van der Waals surface area contributed by atoms with Crippen LogP contribution in [0.4, 0.5) is 4.39 Å². The molecule has 0 radical (unpaired) electrons. The van der Waals surface area contributed by atoms with Crippen LogP contribution in [0.2, 0.25) is 5.02 Å². The summed E-state index contributed by atoms with van der Waals surface area (Å²) < 4.78 is 13.1. The fourth-order valence-electron chi connectivity index (χ4n) is 1.50. The van der Waals surface area contributed by atoms with Crippen molar-refractivity contribution in [2.24, 2.45) is 0 Å². The van der Waals surface area contributed by atoms with Crippen molar-refractivity contribution in [2.45, 2.75) is 6.92 Å². The van der Waals surface area contributed by atoms with Gasteiger partial charge in [-0.1, -0.05) is 23.7 Å². The summed E-state index contributed by atoms with van der Waals surface area (Å²) in [5.41, 5.74) is 2.09. The molecule has 0 amide bonds. The van der Waals surface area contributed by atoms with Gasteiger partial charge in [0.15, 0.2) is 0 Å². The highest BCUT2D eigenvalue weighted by Crippen LogP contribution is 2.32. The van der Waals surface area contributed by atoms with Gasteiger partial charge in [0.2, 0.25) is 0 Å². The Hall–Kier alpha value is -1.54. The molecule has 1 N–H and O–H groups in total. The van der Waals surface area contributed by atoms with Crippen LogP contribution in [0.5, 0.6) is 5.75 Å². The fraction of sp³-hybridized carbons (Fsp3) is 0.0769. The van der Waals surface area contributed by atoms with E-state index >= 15 is 0 Å². The second-order valence-electron chi connectivity index (χ2n) is 3.63. The molecule has 0 aliphatic carbocycles. The van der Waals surface area contributed by atoms with Gasteiger partial charge >= 0.3 is 0 Å². The van der Waals surface area contributed by atoms with Gasteiger partial charge in [0.05, 0.1) is 0 Å². The van der Waals surface area contributed by atoms with Crippen LogP contribution < -0.4 is 0 Å². The summed E-state index contributed by atoms with van der Waals surface area (Å²) in [5, 5.41) is 10.2. The molecule has 0 unspecified atom stereocenters. The molecule has 0 fully saturated rings. The summed E-state index contributed by atoms with van der Waals surface area (Å²) >= 11 is 5.98. The van der Waals surface area contributed by atoms with E-state index in [1.54, 1.807) is 12.1 Å². The molecule has 0 aliphatic heterocycles. The van der Waals surface area contributed by atoms with E-state index in [0.717, 1.165) is 5.56 Å². The summed E-state index contributed by atoms with van der Waals surface area (Å²) in [4.78, 5) is 0. The zero-order valence-corrected chi connectivity index (χ0v) is 9.42. The minimum absolute atomic E-state index is 0.0429. The Morgan fingerprint density at radius 3 is 2.56 bits per heavy atom. The third kappa shape index (κ3) is 2.02. The van der Waals surface area contributed by atoms with Crippen molar-refractivity contribution in [3.63, 3.8) is 0 Å². The van der Waals surface area contributed by atoms with Gasteiger partial charge in [0.1, 0.15) is 11.6 Å². The smallest absolute Gasteiger partial charge is 0.124 e. The summed E-state index contributed by atoms with van der Waals surface area (Å²) in [5.74, 6) is -0.342. The lowest BCUT2D eigenvalue weighted by molar-refractivity contribution is 0.475. The summed E-state index contributed by atoms with van der Waals surface area (Å²) in [6, 6.07) is 9.19. The minimum atomic E-state index is -0.385. The van der Waals surface area contributed by atoms with Gasteiger partial charge in [0.25, 0.3) is 0 Å². The van der Waals surface area contributed by atoms with Gasteiger partial charge < -0.3 is 5.11 Å². The Balaban J connectivity index is 2.58. The molecule has 82 valence electrons. The van der Waals surface area contributed by atoms with Crippen LogP contribution in [0.25, 0.3) is 11.1 Å². The van der Waals surface area contributed by atoms with Crippen LogP contribution in [0.3, 0.4) is 0 Å². The molecule has 0 aromatic heterocycles. The average molecular weight is 237 g/mol. The first-order valence-corrected chi connectivity index (χ1v) is 5.21. The molecule has 16 heavy (non-hydrogen) atoms. The van der Waals surface area contributed by atoms with E-state index in [1.807, 2.05) is 13.0 Å². The number of halogens is 2. The first-order chi connectivity index (χ1) is 7.58. The van der Waals surface area contributed by atoms with Gasteiger partial charge in [0, 0.05) is 10.6 Å². The molecule has 2 rings (SSSR count). The van der Waals surface area contributed by atoms with E-state index in [1.165, 1.54) is 18.2 Å². The number of phenols is 1. The first-order valence-electron chi connectivity index (χ1n) is 4.83. The van der Waals surface area contributed by atoms with Crippen molar-refractivity contribution in [3.05, 3.63) is 52.8 Å². The van der Waals surface area contributed by atoms with Crippen molar-refractivity contribution in [1.82, 2.24) is 0 Å². The number of hydrogen-bond donors (Lipinski definition) is 1. The second-order valence-corrected chi connectivity index (χ2v) is 4.03. The number of hydrogen-bond acceptors (Lipinski definition) is 1. The standard InChI is InChI=1S/C13H10ClFO/c1-8-2-3-9(6-12(8)14)11-7-10(15)4-5-13(11)16/h2-7,16H,1H3. The molecule has 0 bridgehead atoms. The Morgan fingerprint density at radius 2 is 1.88 bits per heavy atom. The topological polar surface area (TPSA) is 20.2 Å². The Labute approximate surface area is 98.1 Å². The molecule has 1 nitrogen and oxygen atoms in total. The number of aryl methyl sites for hydroxylation is 1. The summed E-state index contributed by atoms with van der Waals surface area (Å²) in [6.07, 6.45) is 0. The largest absolute Gasteiger partial charge is 0.507 e. The molecule has 0 spiro atoms. The van der Waals surface area contributed by atoms with Crippen molar-refractivity contribution >= 4 is 11.6 Å². The monoisotopic (exact) mass is 236 g/mol. The van der Waals surface area contributed by atoms with Crippen LogP contribution in [-0.4, -0.2) is 5.11 Å². The van der Waals surface area contributed by atoms with Gasteiger partial charge in [-0.15, -0.1) is 0 Å². The SMILES string of the molecule is Cc1ccc(-c2cc(F)ccc2O)cc1Cl. The van der Waals surface area contributed by atoms with Crippen LogP contribution in [-0.2, 0) is 0 Å². The highest BCUT2D eigenvalue weighted by Gasteiger charge is 2.07. The predicted molar refractivity (Wildman–Crippen MR) is 63.2 cm³/mol. The van der Waals surface area contributed by atoms with Crippen molar-refractivity contribution in [3.8, 4) is 16.9 Å². The highest BCUT2D eigenvalue weighted by molar-refractivity contribution is 6.31. The van der Waals surface area contributed by atoms with E-state index in [9.17, 15) is 9.50 Å². The minimum Gasteiger partial charge on any atom is -0.507 e. The number of rotatable bonds is 1. The average Bonchev–Trinajstić information content (AvgIpc) is 2.26. The predicted octanol–water partition coefficient (Wildman–Crippen LogP) is 4.16. The van der Waals surface area contributed by atoms with Crippen molar-refractivity contribution in [1.29, 1.82) is 0 Å². The Kier molecular flexibility index (Phi) is 2.84. The Morgan fingerprint density at radius 1 is 1.12 bits per heavy atom. The highest BCUT2D eigenvalue weighted by atomic mass is 35.5. The summed E-state index contributed by atoms with van der Waals surface area (Å²) in [6.45, 7) is 1.89. The maximum atomic E-state index is 13.1. The van der Waals surface area contributed by atoms with Gasteiger partial charge in [-0.25, -0.2) is 4.39 Å². The van der Waals surface area contributed by atoms with Crippen LogP contribution in [0.1, 0.15) is 5.56 Å². The molecular formula is C13H10ClFO. The lowest BCUT2D eigenvalue weighted by Crippen LogP contribution is -1.83. The van der Waals surface area contributed by atoms with Crippen LogP contribution >= 0.6 is 11.6 Å². The molecule has 0 aliphatic rings. The molecular weight excluding hydrogens is 227 g/mol. The lowest BCUT2D eigenvalue weighted by atomic mass is 10.0. The summed E-state index contributed by atoms with van der Waals surface area (Å²) in [7, 11) is 0. The second kappa shape index (κ2) is 4.14. The maximum absolute atomic E-state index is 13.1. The lowest BCUT2D eigenvalue weighted by Gasteiger charge is -2.06. The quantitative estimate of drug-likeness (QED) is 0.788. The van der Waals surface area contributed by atoms with E-state index in [2.05, 4.69) is 0 Å². The van der Waals surface area contributed by atoms with E-state index in [-0.39, 0.29) is 11.6 Å². The third-order valence-electron chi connectivity index (χ3n) is 2.44. The zero-order valence-electron chi connectivity index (χ0n) is 8.67. The molecule has 0 saturated carbocycles. The molecule has 0 atom stereocenters. The Bertz CT molecular complexity index is 537. The van der Waals surface area contributed by atoms with Crippen molar-refractivity contribution < 1.29 is 9.50 Å². The molecule has 2 aromatic carbocycles. The zero-order chi connectivity index (χ0) is 11.7.